The number of carbonyl (C=O) groups is 2. The van der Waals surface area contributed by atoms with E-state index in [2.05, 4.69) is 19.1 Å². The second kappa shape index (κ2) is 8.48. The van der Waals surface area contributed by atoms with Gasteiger partial charge in [0, 0.05) is 29.8 Å². The summed E-state index contributed by atoms with van der Waals surface area (Å²) in [7, 11) is 0. The number of aromatic nitrogens is 3. The number of carbonyl (C=O) groups excluding carboxylic acids is 1. The van der Waals surface area contributed by atoms with E-state index >= 15 is 4.39 Å². The van der Waals surface area contributed by atoms with Crippen LogP contribution >= 0.6 is 0 Å². The maximum absolute atomic E-state index is 15.2. The summed E-state index contributed by atoms with van der Waals surface area (Å²) in [6, 6.07) is 16.7. The predicted octanol–water partition coefficient (Wildman–Crippen LogP) is 5.36. The molecular formula is C30H27FN4O3. The molecule has 0 unspecified atom stereocenters. The third-order valence-corrected chi connectivity index (χ3v) is 8.33. The van der Waals surface area contributed by atoms with Gasteiger partial charge in [0.05, 0.1) is 17.7 Å². The molecule has 7 nitrogen and oxygen atoms in total. The first-order valence-corrected chi connectivity index (χ1v) is 13.2. The molecule has 1 amide bonds. The number of rotatable bonds is 5. The molecule has 0 bridgehead atoms. The highest BCUT2D eigenvalue weighted by atomic mass is 19.1. The molecule has 2 aromatic carbocycles. The molecule has 7 rings (SSSR count). The molecule has 0 spiro atoms. The number of nitrogens with zero attached hydrogens (tertiary/aromatic N) is 4. The summed E-state index contributed by atoms with van der Waals surface area (Å²) >= 11 is 0. The SMILES string of the molecule is C[C@@H]1c2ccccc2CCN1C(=O)c1cc(C2CC2)n2nc(-c3ccc([C@@H]4C[C@H]4C(=O)O)cc3F)cc2n1. The van der Waals surface area contributed by atoms with E-state index in [0.717, 1.165) is 25.0 Å². The molecular weight excluding hydrogens is 483 g/mol. The minimum absolute atomic E-state index is 0.0462. The summed E-state index contributed by atoms with van der Waals surface area (Å²) in [4.78, 5) is 31.5. The van der Waals surface area contributed by atoms with E-state index < -0.39 is 17.7 Å². The van der Waals surface area contributed by atoms with Gasteiger partial charge in [-0.2, -0.15) is 5.10 Å². The van der Waals surface area contributed by atoms with Crippen molar-refractivity contribution < 1.29 is 19.1 Å². The lowest BCUT2D eigenvalue weighted by Gasteiger charge is -2.35. The van der Waals surface area contributed by atoms with E-state index in [9.17, 15) is 14.7 Å². The van der Waals surface area contributed by atoms with E-state index in [4.69, 9.17) is 10.1 Å². The fourth-order valence-electron chi connectivity index (χ4n) is 5.91. The normalized spacial score (nSPS) is 22.4. The minimum atomic E-state index is -0.841. The van der Waals surface area contributed by atoms with Gasteiger partial charge < -0.3 is 10.0 Å². The van der Waals surface area contributed by atoms with Crippen LogP contribution in [0.25, 0.3) is 16.9 Å². The van der Waals surface area contributed by atoms with Crippen molar-refractivity contribution in [2.45, 2.75) is 50.5 Å². The highest BCUT2D eigenvalue weighted by molar-refractivity contribution is 5.93. The van der Waals surface area contributed by atoms with Crippen LogP contribution in [0.1, 0.15) is 76.9 Å². The van der Waals surface area contributed by atoms with Crippen molar-refractivity contribution in [2.75, 3.05) is 6.54 Å². The van der Waals surface area contributed by atoms with E-state index in [1.165, 1.54) is 17.2 Å². The predicted molar refractivity (Wildman–Crippen MR) is 138 cm³/mol. The van der Waals surface area contributed by atoms with Crippen LogP contribution in [0.4, 0.5) is 4.39 Å². The second-order valence-electron chi connectivity index (χ2n) is 10.8. The highest BCUT2D eigenvalue weighted by Crippen LogP contribution is 2.48. The van der Waals surface area contributed by atoms with Gasteiger partial charge in [-0.25, -0.2) is 13.9 Å². The van der Waals surface area contributed by atoms with Crippen LogP contribution in [-0.4, -0.2) is 43.0 Å². The number of hydrogen-bond acceptors (Lipinski definition) is 4. The van der Waals surface area contributed by atoms with Crippen LogP contribution < -0.4 is 0 Å². The van der Waals surface area contributed by atoms with Crippen LogP contribution in [0.5, 0.6) is 0 Å². The van der Waals surface area contributed by atoms with Crippen molar-refractivity contribution in [3.63, 3.8) is 0 Å². The van der Waals surface area contributed by atoms with Crippen molar-refractivity contribution in [3.05, 3.63) is 88.5 Å². The van der Waals surface area contributed by atoms with Gasteiger partial charge in [0.2, 0.25) is 0 Å². The molecule has 3 heterocycles. The molecule has 192 valence electrons. The van der Waals surface area contributed by atoms with Crippen molar-refractivity contribution >= 4 is 17.5 Å². The van der Waals surface area contributed by atoms with Crippen LogP contribution in [0, 0.1) is 11.7 Å². The van der Waals surface area contributed by atoms with Gasteiger partial charge in [0.15, 0.2) is 5.65 Å². The molecule has 3 aliphatic rings. The second-order valence-corrected chi connectivity index (χ2v) is 10.8. The lowest BCUT2D eigenvalue weighted by Crippen LogP contribution is -2.39. The molecule has 2 aliphatic carbocycles. The van der Waals surface area contributed by atoms with Gasteiger partial charge >= 0.3 is 5.97 Å². The molecule has 2 saturated carbocycles. The number of halogens is 1. The Morgan fingerprint density at radius 3 is 2.63 bits per heavy atom. The Labute approximate surface area is 218 Å². The quantitative estimate of drug-likeness (QED) is 0.391. The lowest BCUT2D eigenvalue weighted by atomic mass is 9.93. The van der Waals surface area contributed by atoms with Gasteiger partial charge in [-0.1, -0.05) is 30.3 Å². The standard InChI is InChI=1S/C30H27FN4O3/c1-16-20-5-3-2-4-17(20)10-11-34(16)29(36)26-14-27(18-6-7-18)35-28(32-26)15-25(33-35)21-9-8-19(12-24(21)31)22-13-23(22)30(37)38/h2-5,8-9,12,14-16,18,22-23H,6-7,10-11,13H2,1H3,(H,37,38)/t16-,22+,23-/m1/s1. The van der Waals surface area contributed by atoms with Crippen LogP contribution in [0.15, 0.2) is 54.6 Å². The Morgan fingerprint density at radius 1 is 1.08 bits per heavy atom. The van der Waals surface area contributed by atoms with Crippen LogP contribution in [0.3, 0.4) is 0 Å². The zero-order valence-corrected chi connectivity index (χ0v) is 21.0. The average Bonchev–Trinajstić information content (AvgIpc) is 3.84. The minimum Gasteiger partial charge on any atom is -0.481 e. The van der Waals surface area contributed by atoms with Gasteiger partial charge in [-0.3, -0.25) is 9.59 Å². The van der Waals surface area contributed by atoms with Crippen molar-refractivity contribution in [1.29, 1.82) is 0 Å². The maximum Gasteiger partial charge on any atom is 0.307 e. The molecule has 2 aromatic heterocycles. The topological polar surface area (TPSA) is 87.8 Å². The summed E-state index contributed by atoms with van der Waals surface area (Å²) < 4.78 is 16.9. The first kappa shape index (κ1) is 23.1. The summed E-state index contributed by atoms with van der Waals surface area (Å²) in [5.74, 6) is -1.66. The zero-order chi connectivity index (χ0) is 26.1. The largest absolute Gasteiger partial charge is 0.481 e. The summed E-state index contributed by atoms with van der Waals surface area (Å²) in [5.41, 5.74) is 5.76. The van der Waals surface area contributed by atoms with Crippen molar-refractivity contribution in [3.8, 4) is 11.3 Å². The fourth-order valence-corrected chi connectivity index (χ4v) is 5.91. The first-order chi connectivity index (χ1) is 18.4. The van der Waals surface area contributed by atoms with Gasteiger partial charge in [-0.05, 0) is 73.4 Å². The van der Waals surface area contributed by atoms with Gasteiger partial charge in [-0.15, -0.1) is 0 Å². The van der Waals surface area contributed by atoms with Crippen LogP contribution in [0.2, 0.25) is 0 Å². The van der Waals surface area contributed by atoms with Crippen molar-refractivity contribution in [1.82, 2.24) is 19.5 Å². The summed E-state index contributed by atoms with van der Waals surface area (Å²) in [5, 5.41) is 13.9. The molecule has 4 aromatic rings. The molecule has 8 heteroatoms. The van der Waals surface area contributed by atoms with Gasteiger partial charge in [0.1, 0.15) is 11.5 Å². The molecule has 3 atom stereocenters. The average molecular weight is 511 g/mol. The number of fused-ring (bicyclic) bond motifs is 2. The number of carboxylic acid groups (broad SMARTS) is 1. The third-order valence-electron chi connectivity index (χ3n) is 8.33. The Hall–Kier alpha value is -4.07. The Bertz CT molecular complexity index is 1630. The number of hydrogen-bond donors (Lipinski definition) is 1. The van der Waals surface area contributed by atoms with E-state index in [1.54, 1.807) is 22.7 Å². The van der Waals surface area contributed by atoms with Crippen LogP contribution in [-0.2, 0) is 11.2 Å². The van der Waals surface area contributed by atoms with E-state index in [0.29, 0.717) is 47.0 Å². The number of carboxylic acids is 1. The first-order valence-electron chi connectivity index (χ1n) is 13.2. The number of benzene rings is 2. The Balaban J connectivity index is 1.23. The number of aliphatic carboxylic acids is 1. The molecule has 0 saturated heterocycles. The van der Waals surface area contributed by atoms with Gasteiger partial charge in [0.25, 0.3) is 5.91 Å². The fraction of sp³-hybridized carbons (Fsp3) is 0.333. The zero-order valence-electron chi connectivity index (χ0n) is 21.0. The smallest absolute Gasteiger partial charge is 0.307 e. The monoisotopic (exact) mass is 510 g/mol. The van der Waals surface area contributed by atoms with E-state index in [1.807, 2.05) is 23.1 Å². The van der Waals surface area contributed by atoms with E-state index in [-0.39, 0.29) is 17.9 Å². The maximum atomic E-state index is 15.2. The molecule has 0 radical (unpaired) electrons. The van der Waals surface area contributed by atoms with Crippen molar-refractivity contribution in [2.24, 2.45) is 5.92 Å². The summed E-state index contributed by atoms with van der Waals surface area (Å²) in [6.07, 6.45) is 3.38. The Morgan fingerprint density at radius 2 is 1.89 bits per heavy atom. The number of amides is 1. The lowest BCUT2D eigenvalue weighted by molar-refractivity contribution is -0.138. The molecule has 2 fully saturated rings. The Kier molecular flexibility index (Phi) is 5.15. The molecule has 1 N–H and O–H groups in total. The third kappa shape index (κ3) is 3.78. The highest BCUT2D eigenvalue weighted by Gasteiger charge is 2.44. The molecule has 38 heavy (non-hydrogen) atoms. The molecule has 1 aliphatic heterocycles. The summed E-state index contributed by atoms with van der Waals surface area (Å²) in [6.45, 7) is 2.69.